The Morgan fingerprint density at radius 3 is 2.46 bits per heavy atom. The van der Waals surface area contributed by atoms with Crippen LogP contribution in [0, 0.1) is 0 Å². The summed E-state index contributed by atoms with van der Waals surface area (Å²) in [5, 5.41) is 2.86. The number of halogens is 2. The third-order valence-electron chi connectivity index (χ3n) is 3.87. The van der Waals surface area contributed by atoms with Gasteiger partial charge < -0.3 is 14.6 Å². The Bertz CT molecular complexity index is 881. The molecule has 0 radical (unpaired) electrons. The van der Waals surface area contributed by atoms with Gasteiger partial charge in [-0.3, -0.25) is 4.79 Å². The summed E-state index contributed by atoms with van der Waals surface area (Å²) in [5.74, 6) is -0.0819. The van der Waals surface area contributed by atoms with Crippen molar-refractivity contribution in [3.05, 3.63) is 83.9 Å². The third-order valence-corrected chi connectivity index (χ3v) is 3.87. The number of aryl methyl sites for hydroxylation is 1. The largest absolute Gasteiger partial charge is 0.434 e. The first-order valence-electron chi connectivity index (χ1n) is 7.93. The van der Waals surface area contributed by atoms with Crippen molar-refractivity contribution in [3.8, 4) is 5.75 Å². The highest BCUT2D eigenvalue weighted by Gasteiger charge is 2.23. The van der Waals surface area contributed by atoms with Crippen LogP contribution in [0.5, 0.6) is 5.75 Å². The fourth-order valence-corrected chi connectivity index (χ4v) is 2.66. The van der Waals surface area contributed by atoms with Crippen LogP contribution in [0.15, 0.2) is 67.0 Å². The van der Waals surface area contributed by atoms with Crippen molar-refractivity contribution in [1.29, 1.82) is 0 Å². The van der Waals surface area contributed by atoms with E-state index in [1.807, 2.05) is 37.4 Å². The molecular weight excluding hydrogens is 340 g/mol. The van der Waals surface area contributed by atoms with E-state index in [1.54, 1.807) is 23.0 Å². The van der Waals surface area contributed by atoms with Gasteiger partial charge in [0.1, 0.15) is 17.6 Å². The number of amides is 1. The van der Waals surface area contributed by atoms with E-state index in [-0.39, 0.29) is 11.3 Å². The van der Waals surface area contributed by atoms with E-state index >= 15 is 0 Å². The van der Waals surface area contributed by atoms with Crippen LogP contribution in [0.4, 0.5) is 8.78 Å². The molecule has 1 N–H and O–H groups in total. The number of nitrogens with zero attached hydrogens (tertiary/aromatic N) is 2. The molecule has 0 aliphatic heterocycles. The third kappa shape index (κ3) is 3.88. The molecule has 0 bridgehead atoms. The van der Waals surface area contributed by atoms with Gasteiger partial charge in [-0.1, -0.05) is 42.5 Å². The summed E-state index contributed by atoms with van der Waals surface area (Å²) in [6.07, 6.45) is 3.40. The Hall–Kier alpha value is -3.22. The maximum atomic E-state index is 12.8. The van der Waals surface area contributed by atoms with Gasteiger partial charge in [0.2, 0.25) is 0 Å². The Morgan fingerprint density at radius 1 is 1.12 bits per heavy atom. The molecule has 0 fully saturated rings. The van der Waals surface area contributed by atoms with E-state index in [2.05, 4.69) is 15.0 Å². The van der Waals surface area contributed by atoms with Crippen LogP contribution in [0.2, 0.25) is 0 Å². The number of hydrogen-bond acceptors (Lipinski definition) is 3. The minimum absolute atomic E-state index is 0.0305. The van der Waals surface area contributed by atoms with Crippen molar-refractivity contribution in [2.75, 3.05) is 0 Å². The monoisotopic (exact) mass is 357 g/mol. The molecule has 26 heavy (non-hydrogen) atoms. The normalized spacial score (nSPS) is 12.0. The first kappa shape index (κ1) is 17.6. The molecule has 0 aliphatic rings. The average Bonchev–Trinajstić information content (AvgIpc) is 3.06. The first-order chi connectivity index (χ1) is 12.6. The van der Waals surface area contributed by atoms with Gasteiger partial charge >= 0.3 is 6.61 Å². The van der Waals surface area contributed by atoms with Crippen molar-refractivity contribution < 1.29 is 18.3 Å². The van der Waals surface area contributed by atoms with Crippen molar-refractivity contribution in [2.45, 2.75) is 12.7 Å². The van der Waals surface area contributed by atoms with Crippen molar-refractivity contribution >= 4 is 5.91 Å². The molecule has 134 valence electrons. The second kappa shape index (κ2) is 7.77. The molecular formula is C19H17F2N3O2. The van der Waals surface area contributed by atoms with Gasteiger partial charge in [0, 0.05) is 19.4 Å². The lowest BCUT2D eigenvalue weighted by molar-refractivity contribution is -0.0501. The fourth-order valence-electron chi connectivity index (χ4n) is 2.66. The molecule has 5 nitrogen and oxygen atoms in total. The lowest BCUT2D eigenvalue weighted by Crippen LogP contribution is -2.31. The van der Waals surface area contributed by atoms with Gasteiger partial charge in [0.05, 0.1) is 5.56 Å². The predicted octanol–water partition coefficient (Wildman–Crippen LogP) is 3.54. The number of rotatable bonds is 6. The van der Waals surface area contributed by atoms with E-state index < -0.39 is 18.6 Å². The molecule has 3 rings (SSSR count). The Morgan fingerprint density at radius 2 is 1.81 bits per heavy atom. The zero-order valence-corrected chi connectivity index (χ0v) is 14.0. The van der Waals surface area contributed by atoms with E-state index in [4.69, 9.17) is 0 Å². The maximum Gasteiger partial charge on any atom is 0.387 e. The quantitative estimate of drug-likeness (QED) is 0.734. The summed E-state index contributed by atoms with van der Waals surface area (Å²) in [6, 6.07) is 14.6. The lowest BCUT2D eigenvalue weighted by Gasteiger charge is -2.20. The number of carbonyl (C=O) groups excluding carboxylic acids is 1. The maximum absolute atomic E-state index is 12.8. The summed E-state index contributed by atoms with van der Waals surface area (Å²) in [6.45, 7) is -3.01. The molecule has 0 aliphatic carbocycles. The van der Waals surface area contributed by atoms with Crippen LogP contribution in [0.3, 0.4) is 0 Å². The predicted molar refractivity (Wildman–Crippen MR) is 92.0 cm³/mol. The second-order valence-corrected chi connectivity index (χ2v) is 5.59. The average molecular weight is 357 g/mol. The highest BCUT2D eigenvalue weighted by atomic mass is 19.3. The first-order valence-corrected chi connectivity index (χ1v) is 7.93. The minimum atomic E-state index is -3.01. The molecule has 0 unspecified atom stereocenters. The summed E-state index contributed by atoms with van der Waals surface area (Å²) < 4.78 is 31.4. The summed E-state index contributed by atoms with van der Waals surface area (Å²) in [5.41, 5.74) is 0.852. The van der Waals surface area contributed by atoms with Crippen LogP contribution in [-0.4, -0.2) is 22.1 Å². The number of ether oxygens (including phenoxy) is 1. The molecule has 1 aromatic heterocycles. The fraction of sp³-hybridized carbons (Fsp3) is 0.158. The molecule has 2 aromatic carbocycles. The van der Waals surface area contributed by atoms with Crippen LogP contribution >= 0.6 is 0 Å². The number of aromatic nitrogens is 2. The van der Waals surface area contributed by atoms with Crippen molar-refractivity contribution in [2.24, 2.45) is 7.05 Å². The number of alkyl halides is 2. The SMILES string of the molecule is Cn1ccnc1[C@H](NC(=O)c1ccccc1OC(F)F)c1ccccc1. The molecule has 1 heterocycles. The highest BCUT2D eigenvalue weighted by molar-refractivity contribution is 5.97. The Labute approximate surface area is 149 Å². The smallest absolute Gasteiger partial charge is 0.387 e. The molecule has 1 atom stereocenters. The molecule has 0 saturated heterocycles. The second-order valence-electron chi connectivity index (χ2n) is 5.59. The van der Waals surface area contributed by atoms with Gasteiger partial charge in [-0.15, -0.1) is 0 Å². The van der Waals surface area contributed by atoms with E-state index in [1.165, 1.54) is 18.2 Å². The lowest BCUT2D eigenvalue weighted by atomic mass is 10.1. The van der Waals surface area contributed by atoms with Crippen LogP contribution in [0.25, 0.3) is 0 Å². The number of benzene rings is 2. The minimum Gasteiger partial charge on any atom is -0.434 e. The van der Waals surface area contributed by atoms with Crippen molar-refractivity contribution in [3.63, 3.8) is 0 Å². The molecule has 7 heteroatoms. The highest BCUT2D eigenvalue weighted by Crippen LogP contribution is 2.24. The molecule has 3 aromatic rings. The molecule has 0 spiro atoms. The number of carbonyl (C=O) groups is 1. The van der Waals surface area contributed by atoms with E-state index in [0.717, 1.165) is 5.56 Å². The van der Waals surface area contributed by atoms with Gasteiger partial charge in [-0.2, -0.15) is 8.78 Å². The van der Waals surface area contributed by atoms with Gasteiger partial charge in [0.15, 0.2) is 0 Å². The van der Waals surface area contributed by atoms with E-state index in [0.29, 0.717) is 5.82 Å². The summed E-state index contributed by atoms with van der Waals surface area (Å²) >= 11 is 0. The molecule has 1 amide bonds. The summed E-state index contributed by atoms with van der Waals surface area (Å²) in [4.78, 5) is 17.1. The Balaban J connectivity index is 1.93. The van der Waals surface area contributed by atoms with Crippen LogP contribution < -0.4 is 10.1 Å². The van der Waals surface area contributed by atoms with Gasteiger partial charge in [-0.05, 0) is 17.7 Å². The van der Waals surface area contributed by atoms with Crippen molar-refractivity contribution in [1.82, 2.24) is 14.9 Å². The topological polar surface area (TPSA) is 56.2 Å². The zero-order valence-electron chi connectivity index (χ0n) is 14.0. The number of hydrogen-bond donors (Lipinski definition) is 1. The summed E-state index contributed by atoms with van der Waals surface area (Å²) in [7, 11) is 1.82. The van der Waals surface area contributed by atoms with Gasteiger partial charge in [0.25, 0.3) is 5.91 Å². The number of imidazole rings is 1. The van der Waals surface area contributed by atoms with Crippen LogP contribution in [-0.2, 0) is 7.05 Å². The number of nitrogens with one attached hydrogen (secondary N) is 1. The van der Waals surface area contributed by atoms with E-state index in [9.17, 15) is 13.6 Å². The zero-order chi connectivity index (χ0) is 18.5. The molecule has 0 saturated carbocycles. The number of para-hydroxylation sites is 1. The standard InChI is InChI=1S/C19H17F2N3O2/c1-24-12-11-22-17(24)16(13-7-3-2-4-8-13)23-18(25)14-9-5-6-10-15(14)26-19(20)21/h2-12,16,19H,1H3,(H,23,25)/t16-/m1/s1. The van der Waals surface area contributed by atoms with Gasteiger partial charge in [-0.25, -0.2) is 4.98 Å². The van der Waals surface area contributed by atoms with Crippen LogP contribution in [0.1, 0.15) is 27.8 Å². The Kier molecular flexibility index (Phi) is 5.26.